The molecule has 1 N–H and O–H groups in total. The molecule has 2 heterocycles. The van der Waals surface area contributed by atoms with Gasteiger partial charge in [0.15, 0.2) is 5.82 Å². The van der Waals surface area contributed by atoms with Gasteiger partial charge in [0.25, 0.3) is 0 Å². The molecule has 1 fully saturated rings. The highest BCUT2D eigenvalue weighted by Crippen LogP contribution is 2.24. The van der Waals surface area contributed by atoms with E-state index in [9.17, 15) is 21.6 Å². The van der Waals surface area contributed by atoms with Crippen LogP contribution in [0.1, 0.15) is 25.1 Å². The molecule has 0 amide bonds. The van der Waals surface area contributed by atoms with Gasteiger partial charge in [-0.2, -0.15) is 15.0 Å². The van der Waals surface area contributed by atoms with Crippen LogP contribution in [0.4, 0.5) is 19.1 Å². The SMILES string of the molecule is COc1nc(CNS(=O)(=O)c2ccc(OC(F)(F)F)cc2)nc(N2CCCCC2)n1. The summed E-state index contributed by atoms with van der Waals surface area (Å²) in [5.74, 6) is 0.0438. The van der Waals surface area contributed by atoms with Gasteiger partial charge in [0.05, 0.1) is 18.6 Å². The molecule has 1 aromatic carbocycles. The summed E-state index contributed by atoms with van der Waals surface area (Å²) >= 11 is 0. The van der Waals surface area contributed by atoms with Crippen LogP contribution in [0.5, 0.6) is 11.8 Å². The summed E-state index contributed by atoms with van der Waals surface area (Å²) in [7, 11) is -2.62. The smallest absolute Gasteiger partial charge is 0.467 e. The molecule has 1 aromatic heterocycles. The average molecular weight is 447 g/mol. The predicted octanol–water partition coefficient (Wildman–Crippen LogP) is 2.25. The maximum Gasteiger partial charge on any atom is 0.573 e. The largest absolute Gasteiger partial charge is 0.573 e. The molecule has 0 atom stereocenters. The van der Waals surface area contributed by atoms with Crippen molar-refractivity contribution in [3.05, 3.63) is 30.1 Å². The normalized spacial score (nSPS) is 15.1. The summed E-state index contributed by atoms with van der Waals surface area (Å²) in [6.45, 7) is 1.32. The minimum atomic E-state index is -4.86. The van der Waals surface area contributed by atoms with Gasteiger partial charge in [-0.3, -0.25) is 0 Å². The van der Waals surface area contributed by atoms with E-state index in [0.29, 0.717) is 5.95 Å². The molecule has 1 aliphatic heterocycles. The fourth-order valence-corrected chi connectivity index (χ4v) is 3.84. The number of alkyl halides is 3. The van der Waals surface area contributed by atoms with E-state index in [2.05, 4.69) is 24.4 Å². The number of hydrogen-bond donors (Lipinski definition) is 1. The molecule has 3 rings (SSSR count). The Balaban J connectivity index is 1.72. The fourth-order valence-electron chi connectivity index (χ4n) is 2.86. The van der Waals surface area contributed by atoms with Gasteiger partial charge in [-0.25, -0.2) is 13.1 Å². The number of methoxy groups -OCH3 is 1. The summed E-state index contributed by atoms with van der Waals surface area (Å²) in [6.07, 6.45) is -1.73. The monoisotopic (exact) mass is 447 g/mol. The van der Waals surface area contributed by atoms with Crippen LogP contribution < -0.4 is 19.1 Å². The molecule has 0 saturated carbocycles. The zero-order chi connectivity index (χ0) is 21.8. The lowest BCUT2D eigenvalue weighted by Crippen LogP contribution is -2.32. The lowest BCUT2D eigenvalue weighted by Gasteiger charge is -2.26. The zero-order valence-corrected chi connectivity index (χ0v) is 16.8. The first-order valence-electron chi connectivity index (χ1n) is 9.06. The number of nitrogens with one attached hydrogen (secondary N) is 1. The standard InChI is InChI=1S/C17H20F3N5O4S/c1-28-16-23-14(22-15(24-16)25-9-3-2-4-10-25)11-21-30(26,27)13-7-5-12(6-8-13)29-17(18,19)20/h5-8,21H,2-4,9-11H2,1H3. The molecule has 30 heavy (non-hydrogen) atoms. The molecular weight excluding hydrogens is 427 g/mol. The molecule has 1 saturated heterocycles. The molecular formula is C17H20F3N5O4S. The molecule has 0 spiro atoms. The van der Waals surface area contributed by atoms with Gasteiger partial charge in [0.1, 0.15) is 5.75 Å². The number of benzene rings is 1. The topological polar surface area (TPSA) is 107 Å². The number of halogens is 3. The number of aromatic nitrogens is 3. The van der Waals surface area contributed by atoms with Crippen molar-refractivity contribution >= 4 is 16.0 Å². The fraction of sp³-hybridized carbons (Fsp3) is 0.471. The van der Waals surface area contributed by atoms with E-state index in [1.165, 1.54) is 7.11 Å². The van der Waals surface area contributed by atoms with Gasteiger partial charge in [-0.1, -0.05) is 0 Å². The van der Waals surface area contributed by atoms with Gasteiger partial charge in [-0.15, -0.1) is 13.2 Å². The summed E-state index contributed by atoms with van der Waals surface area (Å²) in [5.41, 5.74) is 0. The Hall–Kier alpha value is -2.67. The average Bonchev–Trinajstić information content (AvgIpc) is 2.72. The first kappa shape index (κ1) is 22.0. The zero-order valence-electron chi connectivity index (χ0n) is 16.0. The number of hydrogen-bond acceptors (Lipinski definition) is 8. The molecule has 164 valence electrons. The van der Waals surface area contributed by atoms with Crippen LogP contribution in [0.3, 0.4) is 0 Å². The van der Waals surface area contributed by atoms with Gasteiger partial charge < -0.3 is 14.4 Å². The highest BCUT2D eigenvalue weighted by Gasteiger charge is 2.31. The van der Waals surface area contributed by atoms with Crippen molar-refractivity contribution in [1.29, 1.82) is 0 Å². The van der Waals surface area contributed by atoms with Crippen LogP contribution in [-0.4, -0.2) is 49.9 Å². The summed E-state index contributed by atoms with van der Waals surface area (Å²) in [4.78, 5) is 14.3. The number of rotatable bonds is 7. The summed E-state index contributed by atoms with van der Waals surface area (Å²) in [6, 6.07) is 3.92. The van der Waals surface area contributed by atoms with E-state index >= 15 is 0 Å². The molecule has 2 aromatic rings. The van der Waals surface area contributed by atoms with Crippen molar-refractivity contribution in [3.8, 4) is 11.8 Å². The van der Waals surface area contributed by atoms with Crippen LogP contribution in [-0.2, 0) is 16.6 Å². The predicted molar refractivity (Wildman–Crippen MR) is 99.6 cm³/mol. The second-order valence-electron chi connectivity index (χ2n) is 6.43. The second-order valence-corrected chi connectivity index (χ2v) is 8.20. The first-order valence-corrected chi connectivity index (χ1v) is 10.5. The van der Waals surface area contributed by atoms with Crippen molar-refractivity contribution in [3.63, 3.8) is 0 Å². The van der Waals surface area contributed by atoms with Crippen molar-refractivity contribution in [2.75, 3.05) is 25.1 Å². The molecule has 13 heteroatoms. The van der Waals surface area contributed by atoms with Gasteiger partial charge in [-0.05, 0) is 43.5 Å². The molecule has 0 aliphatic carbocycles. The summed E-state index contributed by atoms with van der Waals surface area (Å²) in [5, 5.41) is 0. The Morgan fingerprint density at radius 2 is 1.73 bits per heavy atom. The second kappa shape index (κ2) is 9.00. The van der Waals surface area contributed by atoms with E-state index in [4.69, 9.17) is 4.74 Å². The number of nitrogens with zero attached hydrogens (tertiary/aromatic N) is 4. The maximum atomic E-state index is 12.5. The Labute approximate surface area is 171 Å². The maximum absolute atomic E-state index is 12.5. The van der Waals surface area contributed by atoms with Crippen LogP contribution in [0.25, 0.3) is 0 Å². The van der Waals surface area contributed by atoms with Crippen molar-refractivity contribution in [2.24, 2.45) is 0 Å². The van der Waals surface area contributed by atoms with Crippen LogP contribution in [0, 0.1) is 0 Å². The lowest BCUT2D eigenvalue weighted by molar-refractivity contribution is -0.274. The third kappa shape index (κ3) is 5.92. The van der Waals surface area contributed by atoms with E-state index in [0.717, 1.165) is 56.6 Å². The Kier molecular flexibility index (Phi) is 6.61. The number of ether oxygens (including phenoxy) is 2. The first-order chi connectivity index (χ1) is 14.2. The molecule has 0 unspecified atom stereocenters. The molecule has 9 nitrogen and oxygen atoms in total. The van der Waals surface area contributed by atoms with Gasteiger partial charge in [0.2, 0.25) is 16.0 Å². The van der Waals surface area contributed by atoms with Crippen LogP contribution >= 0.6 is 0 Å². The summed E-state index contributed by atoms with van der Waals surface area (Å²) < 4.78 is 72.7. The van der Waals surface area contributed by atoms with E-state index < -0.39 is 22.1 Å². The van der Waals surface area contributed by atoms with Crippen LogP contribution in [0.2, 0.25) is 0 Å². The quantitative estimate of drug-likeness (QED) is 0.689. The van der Waals surface area contributed by atoms with Crippen molar-refractivity contribution in [2.45, 2.75) is 37.1 Å². The number of piperidine rings is 1. The number of sulfonamides is 1. The highest BCUT2D eigenvalue weighted by atomic mass is 32.2. The Bertz CT molecular complexity index is 964. The highest BCUT2D eigenvalue weighted by molar-refractivity contribution is 7.89. The van der Waals surface area contributed by atoms with Gasteiger partial charge >= 0.3 is 12.4 Å². The molecule has 0 bridgehead atoms. The minimum Gasteiger partial charge on any atom is -0.467 e. The minimum absolute atomic E-state index is 0.0634. The molecule has 0 radical (unpaired) electrons. The Morgan fingerprint density at radius 1 is 1.07 bits per heavy atom. The van der Waals surface area contributed by atoms with E-state index in [1.54, 1.807) is 0 Å². The van der Waals surface area contributed by atoms with E-state index in [-0.39, 0.29) is 23.3 Å². The van der Waals surface area contributed by atoms with Crippen molar-refractivity contribution < 1.29 is 31.1 Å². The van der Waals surface area contributed by atoms with Gasteiger partial charge in [0, 0.05) is 13.1 Å². The lowest BCUT2D eigenvalue weighted by atomic mass is 10.1. The molecule has 1 aliphatic rings. The Morgan fingerprint density at radius 3 is 2.33 bits per heavy atom. The third-order valence-electron chi connectivity index (χ3n) is 4.26. The number of anilines is 1. The third-order valence-corrected chi connectivity index (χ3v) is 5.68. The van der Waals surface area contributed by atoms with E-state index in [1.807, 2.05) is 4.90 Å². The van der Waals surface area contributed by atoms with Crippen LogP contribution in [0.15, 0.2) is 29.2 Å². The van der Waals surface area contributed by atoms with Crippen molar-refractivity contribution in [1.82, 2.24) is 19.7 Å².